The SMILES string of the molecule is C=CC(=O)N1CCN(c2cccc(COc3ccc4c(CON(OC)S(=O)(=O)c5ccccc5)noc4c3)c2)CC1. The summed E-state index contributed by atoms with van der Waals surface area (Å²) >= 11 is 0. The Morgan fingerprint density at radius 2 is 1.80 bits per heavy atom. The van der Waals surface area contributed by atoms with E-state index in [0.29, 0.717) is 46.7 Å². The van der Waals surface area contributed by atoms with Gasteiger partial charge < -0.3 is 19.1 Å². The molecular formula is C29H30N4O7S. The number of anilines is 1. The molecule has 214 valence electrons. The van der Waals surface area contributed by atoms with Gasteiger partial charge in [0.05, 0.1) is 16.6 Å². The molecule has 0 unspecified atom stereocenters. The molecule has 11 nitrogen and oxygen atoms in total. The molecule has 0 saturated carbocycles. The zero-order valence-electron chi connectivity index (χ0n) is 22.5. The number of aromatic nitrogens is 1. The van der Waals surface area contributed by atoms with E-state index in [-0.39, 0.29) is 17.4 Å². The molecule has 12 heteroatoms. The minimum absolute atomic E-state index is 0.0294. The third-order valence-electron chi connectivity index (χ3n) is 6.66. The first-order valence-electron chi connectivity index (χ1n) is 12.9. The van der Waals surface area contributed by atoms with Crippen LogP contribution in [-0.4, -0.2) is 62.3 Å². The first kappa shape index (κ1) is 28.3. The van der Waals surface area contributed by atoms with Gasteiger partial charge in [-0.3, -0.25) is 14.5 Å². The standard InChI is InChI=1S/C29H30N4O7S/c1-3-29(34)32-16-14-31(15-17-32)23-9-7-8-22(18-23)20-38-24-12-13-26-27(30-40-28(26)19-24)21-39-33(37-2)41(35,36)25-10-5-4-6-11-25/h3-13,18-19H,1,14-17,20-21H2,2H3. The Morgan fingerprint density at radius 1 is 1.02 bits per heavy atom. The third-order valence-corrected chi connectivity index (χ3v) is 8.17. The number of rotatable bonds is 11. The zero-order valence-corrected chi connectivity index (χ0v) is 23.3. The molecule has 0 N–H and O–H groups in total. The monoisotopic (exact) mass is 578 g/mol. The Balaban J connectivity index is 1.19. The molecule has 3 aromatic carbocycles. The molecule has 0 spiro atoms. The smallest absolute Gasteiger partial charge is 0.288 e. The number of nitrogens with zero attached hydrogens (tertiary/aromatic N) is 4. The molecule has 0 aliphatic carbocycles. The Bertz CT molecular complexity index is 1620. The summed E-state index contributed by atoms with van der Waals surface area (Å²) < 4.78 is 37.5. The van der Waals surface area contributed by atoms with Gasteiger partial charge in [0.15, 0.2) is 5.58 Å². The fraction of sp³-hybridized carbons (Fsp3) is 0.241. The quantitative estimate of drug-likeness (QED) is 0.193. The second-order valence-corrected chi connectivity index (χ2v) is 10.9. The highest BCUT2D eigenvalue weighted by molar-refractivity contribution is 7.88. The number of benzene rings is 3. The van der Waals surface area contributed by atoms with Gasteiger partial charge >= 0.3 is 0 Å². The number of hydrogen-bond donors (Lipinski definition) is 0. The molecule has 41 heavy (non-hydrogen) atoms. The van der Waals surface area contributed by atoms with Gasteiger partial charge in [0.25, 0.3) is 10.0 Å². The highest BCUT2D eigenvalue weighted by atomic mass is 32.2. The number of amides is 1. The second kappa shape index (κ2) is 12.5. The van der Waals surface area contributed by atoms with Gasteiger partial charge in [-0.05, 0) is 48.0 Å². The van der Waals surface area contributed by atoms with E-state index >= 15 is 0 Å². The molecule has 4 aromatic rings. The van der Waals surface area contributed by atoms with Crippen LogP contribution in [0.2, 0.25) is 0 Å². The van der Waals surface area contributed by atoms with Crippen LogP contribution in [0.5, 0.6) is 5.75 Å². The van der Waals surface area contributed by atoms with E-state index in [1.165, 1.54) is 25.3 Å². The average molecular weight is 579 g/mol. The molecule has 0 radical (unpaired) electrons. The summed E-state index contributed by atoms with van der Waals surface area (Å²) in [7, 11) is -2.83. The normalized spacial score (nSPS) is 14.0. The molecule has 1 saturated heterocycles. The van der Waals surface area contributed by atoms with E-state index in [0.717, 1.165) is 24.3 Å². The van der Waals surface area contributed by atoms with Crippen LogP contribution in [0.25, 0.3) is 11.0 Å². The van der Waals surface area contributed by atoms with Crippen molar-refractivity contribution in [2.45, 2.75) is 18.1 Å². The van der Waals surface area contributed by atoms with Gasteiger partial charge in [-0.2, -0.15) is 0 Å². The van der Waals surface area contributed by atoms with E-state index in [1.807, 2.05) is 12.1 Å². The minimum atomic E-state index is -4.03. The molecule has 0 atom stereocenters. The van der Waals surface area contributed by atoms with E-state index in [9.17, 15) is 13.2 Å². The summed E-state index contributed by atoms with van der Waals surface area (Å²) in [6.07, 6.45) is 1.35. The van der Waals surface area contributed by atoms with Crippen LogP contribution < -0.4 is 9.64 Å². The van der Waals surface area contributed by atoms with E-state index in [4.69, 9.17) is 18.9 Å². The lowest BCUT2D eigenvalue weighted by molar-refractivity contribution is -0.294. The van der Waals surface area contributed by atoms with Gasteiger partial charge in [-0.1, -0.05) is 42.1 Å². The summed E-state index contributed by atoms with van der Waals surface area (Å²) in [6, 6.07) is 21.2. The fourth-order valence-corrected chi connectivity index (χ4v) is 5.56. The van der Waals surface area contributed by atoms with Gasteiger partial charge in [0, 0.05) is 43.3 Å². The molecule has 1 fully saturated rings. The molecule has 5 rings (SSSR count). The van der Waals surface area contributed by atoms with Crippen molar-refractivity contribution in [3.8, 4) is 5.75 Å². The number of ether oxygens (including phenoxy) is 1. The van der Waals surface area contributed by atoms with Gasteiger partial charge in [0.2, 0.25) is 5.91 Å². The van der Waals surface area contributed by atoms with Crippen LogP contribution in [-0.2, 0) is 37.7 Å². The number of sulfonamides is 1. The lowest BCUT2D eigenvalue weighted by atomic mass is 10.1. The predicted octanol–water partition coefficient (Wildman–Crippen LogP) is 3.93. The number of piperazine rings is 1. The Hall–Kier alpha value is -4.23. The fourth-order valence-electron chi connectivity index (χ4n) is 4.50. The molecular weight excluding hydrogens is 548 g/mol. The average Bonchev–Trinajstić information content (AvgIpc) is 3.42. The maximum Gasteiger partial charge on any atom is 0.288 e. The summed E-state index contributed by atoms with van der Waals surface area (Å²) in [5.74, 6) is 0.552. The van der Waals surface area contributed by atoms with Gasteiger partial charge in [-0.25, -0.2) is 8.42 Å². The van der Waals surface area contributed by atoms with Crippen LogP contribution >= 0.6 is 0 Å². The largest absolute Gasteiger partial charge is 0.489 e. The van der Waals surface area contributed by atoms with Crippen molar-refractivity contribution in [2.24, 2.45) is 0 Å². The Labute approximate surface area is 238 Å². The van der Waals surface area contributed by atoms with Crippen LogP contribution in [0.15, 0.2) is 94.9 Å². The van der Waals surface area contributed by atoms with E-state index in [2.05, 4.69) is 28.8 Å². The summed E-state index contributed by atoms with van der Waals surface area (Å²) in [4.78, 5) is 26.3. The Morgan fingerprint density at radius 3 is 2.54 bits per heavy atom. The van der Waals surface area contributed by atoms with Crippen LogP contribution in [0, 0.1) is 0 Å². The topological polar surface area (TPSA) is 115 Å². The summed E-state index contributed by atoms with van der Waals surface area (Å²) in [5.41, 5.74) is 2.95. The van der Waals surface area contributed by atoms with Crippen molar-refractivity contribution >= 4 is 32.6 Å². The van der Waals surface area contributed by atoms with Crippen molar-refractivity contribution in [3.63, 3.8) is 0 Å². The third kappa shape index (κ3) is 6.41. The van der Waals surface area contributed by atoms with E-state index < -0.39 is 10.0 Å². The number of fused-ring (bicyclic) bond motifs is 1. The Kier molecular flexibility index (Phi) is 8.64. The predicted molar refractivity (Wildman–Crippen MR) is 151 cm³/mol. The minimum Gasteiger partial charge on any atom is -0.489 e. The highest BCUT2D eigenvalue weighted by Crippen LogP contribution is 2.26. The second-order valence-electron chi connectivity index (χ2n) is 9.23. The van der Waals surface area contributed by atoms with E-state index in [1.54, 1.807) is 41.3 Å². The first-order chi connectivity index (χ1) is 19.9. The van der Waals surface area contributed by atoms with Crippen molar-refractivity contribution in [2.75, 3.05) is 38.2 Å². The number of hydrogen-bond acceptors (Lipinski definition) is 9. The highest BCUT2D eigenvalue weighted by Gasteiger charge is 2.27. The summed E-state index contributed by atoms with van der Waals surface area (Å²) in [6.45, 7) is 6.52. The maximum absolute atomic E-state index is 12.8. The van der Waals surface area contributed by atoms with Crippen LogP contribution in [0.1, 0.15) is 11.3 Å². The van der Waals surface area contributed by atoms with Crippen molar-refractivity contribution in [1.82, 2.24) is 14.7 Å². The zero-order chi connectivity index (χ0) is 28.8. The molecule has 1 amide bonds. The number of carbonyl (C=O) groups excluding carboxylic acids is 1. The van der Waals surface area contributed by atoms with Crippen LogP contribution in [0.4, 0.5) is 5.69 Å². The lowest BCUT2D eigenvalue weighted by Gasteiger charge is -2.35. The molecule has 0 bridgehead atoms. The van der Waals surface area contributed by atoms with Crippen LogP contribution in [0.3, 0.4) is 0 Å². The van der Waals surface area contributed by atoms with Gasteiger partial charge in [-0.15, -0.1) is 0 Å². The summed E-state index contributed by atoms with van der Waals surface area (Å²) in [5, 5.41) is 4.69. The van der Waals surface area contributed by atoms with Crippen molar-refractivity contribution in [1.29, 1.82) is 0 Å². The number of carbonyl (C=O) groups is 1. The van der Waals surface area contributed by atoms with Gasteiger partial charge in [0.1, 0.15) is 24.7 Å². The molecule has 1 aromatic heterocycles. The van der Waals surface area contributed by atoms with Crippen molar-refractivity contribution in [3.05, 3.63) is 96.7 Å². The first-order valence-corrected chi connectivity index (χ1v) is 14.4. The molecule has 1 aliphatic rings. The lowest BCUT2D eigenvalue weighted by Crippen LogP contribution is -2.48. The molecule has 1 aliphatic heterocycles. The molecule has 2 heterocycles. The van der Waals surface area contributed by atoms with Crippen molar-refractivity contribution < 1.29 is 32.1 Å². The maximum atomic E-state index is 12.8.